The average Bonchev–Trinajstić information content (AvgIpc) is 2.67. The molecule has 1 aromatic heterocycles. The minimum absolute atomic E-state index is 0.113. The third-order valence-corrected chi connectivity index (χ3v) is 2.40. The Morgan fingerprint density at radius 1 is 1.37 bits per heavy atom. The summed E-state index contributed by atoms with van der Waals surface area (Å²) in [6.45, 7) is 6.06. The topological polar surface area (TPSA) is 91.6 Å². The summed E-state index contributed by atoms with van der Waals surface area (Å²) in [7, 11) is 0. The predicted molar refractivity (Wildman–Crippen MR) is 70.1 cm³/mol. The number of carboxylic acids is 1. The van der Waals surface area contributed by atoms with Crippen molar-refractivity contribution in [2.75, 3.05) is 6.54 Å². The molecule has 0 unspecified atom stereocenters. The highest BCUT2D eigenvalue weighted by molar-refractivity contribution is 5.88. The lowest BCUT2D eigenvalue weighted by atomic mass is 10.2. The van der Waals surface area contributed by atoms with Crippen molar-refractivity contribution >= 4 is 12.0 Å². The number of carboxylic acid groups (broad SMARTS) is 1. The van der Waals surface area contributed by atoms with E-state index in [9.17, 15) is 9.59 Å². The summed E-state index contributed by atoms with van der Waals surface area (Å²) in [6.07, 6.45) is 1.89. The molecule has 0 aliphatic rings. The van der Waals surface area contributed by atoms with Crippen molar-refractivity contribution in [2.24, 2.45) is 0 Å². The fourth-order valence-electron chi connectivity index (χ4n) is 1.42. The summed E-state index contributed by atoms with van der Waals surface area (Å²) in [5.74, 6) is -0.304. The van der Waals surface area contributed by atoms with Crippen LogP contribution < -0.4 is 10.6 Å². The number of carbonyl (C=O) groups excluding carboxylic acids is 1. The van der Waals surface area contributed by atoms with Crippen molar-refractivity contribution < 1.29 is 19.1 Å². The maximum atomic E-state index is 11.4. The van der Waals surface area contributed by atoms with Crippen LogP contribution in [0.3, 0.4) is 0 Å². The van der Waals surface area contributed by atoms with Crippen LogP contribution in [-0.2, 0) is 6.54 Å². The number of allylic oxidation sites excluding steroid dienone is 1. The van der Waals surface area contributed by atoms with E-state index in [4.69, 9.17) is 9.52 Å². The first-order valence-corrected chi connectivity index (χ1v) is 5.88. The Kier molecular flexibility index (Phi) is 5.17. The van der Waals surface area contributed by atoms with E-state index >= 15 is 0 Å². The van der Waals surface area contributed by atoms with Gasteiger partial charge in [-0.3, -0.25) is 0 Å². The fourth-order valence-corrected chi connectivity index (χ4v) is 1.42. The highest BCUT2D eigenvalue weighted by atomic mass is 16.4. The summed E-state index contributed by atoms with van der Waals surface area (Å²) in [6, 6.07) is 1.08. The quantitative estimate of drug-likeness (QED) is 0.711. The minimum Gasteiger partial charge on any atom is -0.478 e. The van der Waals surface area contributed by atoms with Crippen LogP contribution >= 0.6 is 0 Å². The summed E-state index contributed by atoms with van der Waals surface area (Å²) in [5, 5.41) is 14.1. The van der Waals surface area contributed by atoms with Gasteiger partial charge in [-0.15, -0.1) is 0 Å². The number of carbonyl (C=O) groups is 2. The molecule has 1 aromatic rings. The number of nitrogens with one attached hydrogen (secondary N) is 2. The molecule has 0 atom stereocenters. The summed E-state index contributed by atoms with van der Waals surface area (Å²) < 4.78 is 5.23. The molecule has 0 saturated heterocycles. The van der Waals surface area contributed by atoms with Crippen LogP contribution in [-0.4, -0.2) is 23.7 Å². The van der Waals surface area contributed by atoms with E-state index in [0.717, 1.165) is 5.57 Å². The Morgan fingerprint density at radius 3 is 2.58 bits per heavy atom. The lowest BCUT2D eigenvalue weighted by Gasteiger charge is -2.04. The van der Waals surface area contributed by atoms with Crippen molar-refractivity contribution in [1.29, 1.82) is 0 Å². The van der Waals surface area contributed by atoms with E-state index in [1.165, 1.54) is 6.07 Å². The second-order valence-electron chi connectivity index (χ2n) is 4.33. The first-order chi connectivity index (χ1) is 8.90. The number of furan rings is 1. The van der Waals surface area contributed by atoms with Crippen molar-refractivity contribution in [1.82, 2.24) is 10.6 Å². The van der Waals surface area contributed by atoms with Crippen LogP contribution in [0, 0.1) is 6.92 Å². The van der Waals surface area contributed by atoms with Crippen LogP contribution in [0.5, 0.6) is 0 Å². The molecule has 0 aliphatic heterocycles. The van der Waals surface area contributed by atoms with E-state index in [0.29, 0.717) is 18.1 Å². The highest BCUT2D eigenvalue weighted by Crippen LogP contribution is 2.14. The molecule has 0 radical (unpaired) electrons. The van der Waals surface area contributed by atoms with Crippen LogP contribution in [0.25, 0.3) is 0 Å². The van der Waals surface area contributed by atoms with Gasteiger partial charge in [-0.1, -0.05) is 11.6 Å². The molecule has 2 amide bonds. The maximum absolute atomic E-state index is 11.4. The molecule has 6 heteroatoms. The Balaban J connectivity index is 2.44. The lowest BCUT2D eigenvalue weighted by molar-refractivity contribution is 0.0695. The number of hydrogen-bond acceptors (Lipinski definition) is 3. The fraction of sp³-hybridized carbons (Fsp3) is 0.385. The number of rotatable bonds is 5. The third-order valence-electron chi connectivity index (χ3n) is 2.40. The van der Waals surface area contributed by atoms with Crippen LogP contribution in [0.1, 0.15) is 35.7 Å². The third kappa shape index (κ3) is 4.87. The smallest absolute Gasteiger partial charge is 0.339 e. The second-order valence-corrected chi connectivity index (χ2v) is 4.33. The molecule has 104 valence electrons. The number of amides is 2. The zero-order chi connectivity index (χ0) is 14.4. The molecule has 1 heterocycles. The molecule has 0 fully saturated rings. The van der Waals surface area contributed by atoms with E-state index in [-0.39, 0.29) is 18.1 Å². The van der Waals surface area contributed by atoms with E-state index in [2.05, 4.69) is 10.6 Å². The standard InChI is InChI=1S/C13H18N2O4/c1-8(2)4-5-14-13(18)15-7-10-6-11(12(16)17)9(3)19-10/h4,6H,5,7H2,1-3H3,(H,16,17)(H2,14,15,18). The first kappa shape index (κ1) is 14.8. The molecule has 0 spiro atoms. The normalized spacial score (nSPS) is 9.84. The zero-order valence-corrected chi connectivity index (χ0v) is 11.2. The van der Waals surface area contributed by atoms with Gasteiger partial charge in [0.15, 0.2) is 0 Å². The number of aryl methyl sites for hydroxylation is 1. The number of aromatic carboxylic acids is 1. The van der Waals surface area contributed by atoms with Gasteiger partial charge in [0.2, 0.25) is 0 Å². The number of hydrogen-bond donors (Lipinski definition) is 3. The van der Waals surface area contributed by atoms with Crippen molar-refractivity contribution in [3.05, 3.63) is 34.8 Å². The maximum Gasteiger partial charge on any atom is 0.339 e. The molecule has 1 rings (SSSR count). The van der Waals surface area contributed by atoms with E-state index in [1.807, 2.05) is 19.9 Å². The Bertz CT molecular complexity index is 499. The summed E-state index contributed by atoms with van der Waals surface area (Å²) in [4.78, 5) is 22.2. The van der Waals surface area contributed by atoms with Crippen molar-refractivity contribution in [2.45, 2.75) is 27.3 Å². The van der Waals surface area contributed by atoms with Crippen LogP contribution in [0.2, 0.25) is 0 Å². The summed E-state index contributed by atoms with van der Waals surface area (Å²) >= 11 is 0. The van der Waals surface area contributed by atoms with Gasteiger partial charge in [-0.05, 0) is 26.8 Å². The van der Waals surface area contributed by atoms with Crippen molar-refractivity contribution in [3.63, 3.8) is 0 Å². The molecule has 3 N–H and O–H groups in total. The zero-order valence-electron chi connectivity index (χ0n) is 11.2. The van der Waals surface area contributed by atoms with Gasteiger partial charge in [0.05, 0.1) is 6.54 Å². The van der Waals surface area contributed by atoms with Gasteiger partial charge >= 0.3 is 12.0 Å². The van der Waals surface area contributed by atoms with Gasteiger partial charge in [-0.25, -0.2) is 9.59 Å². The Hall–Kier alpha value is -2.24. The van der Waals surface area contributed by atoms with Crippen molar-refractivity contribution in [3.8, 4) is 0 Å². The average molecular weight is 266 g/mol. The van der Waals surface area contributed by atoms with Gasteiger partial charge < -0.3 is 20.2 Å². The largest absolute Gasteiger partial charge is 0.478 e. The minimum atomic E-state index is -1.04. The predicted octanol–water partition coefficient (Wildman–Crippen LogP) is 2.05. The Labute approximate surface area is 111 Å². The molecule has 0 bridgehead atoms. The van der Waals surface area contributed by atoms with Gasteiger partial charge in [0.1, 0.15) is 17.1 Å². The van der Waals surface area contributed by atoms with E-state index in [1.54, 1.807) is 6.92 Å². The van der Waals surface area contributed by atoms with Gasteiger partial charge in [0, 0.05) is 6.54 Å². The lowest BCUT2D eigenvalue weighted by Crippen LogP contribution is -2.35. The molecule has 0 aliphatic carbocycles. The molecule has 6 nitrogen and oxygen atoms in total. The molecular formula is C13H18N2O4. The van der Waals surface area contributed by atoms with Crippen LogP contribution in [0.15, 0.2) is 22.1 Å². The number of urea groups is 1. The first-order valence-electron chi connectivity index (χ1n) is 5.88. The molecule has 19 heavy (non-hydrogen) atoms. The molecular weight excluding hydrogens is 248 g/mol. The van der Waals surface area contributed by atoms with Gasteiger partial charge in [-0.2, -0.15) is 0 Å². The SMILES string of the molecule is CC(C)=CCNC(=O)NCc1cc(C(=O)O)c(C)o1. The summed E-state index contributed by atoms with van der Waals surface area (Å²) in [5.41, 5.74) is 1.23. The Morgan fingerprint density at radius 2 is 2.05 bits per heavy atom. The van der Waals surface area contributed by atoms with E-state index < -0.39 is 5.97 Å². The molecule has 0 aromatic carbocycles. The highest BCUT2D eigenvalue weighted by Gasteiger charge is 2.13. The second kappa shape index (κ2) is 6.63. The monoisotopic (exact) mass is 266 g/mol. The van der Waals surface area contributed by atoms with Gasteiger partial charge in [0.25, 0.3) is 0 Å². The molecule has 0 saturated carbocycles. The van der Waals surface area contributed by atoms with Crippen LogP contribution in [0.4, 0.5) is 4.79 Å².